The minimum atomic E-state index is -0.436. The second-order valence-electron chi connectivity index (χ2n) is 5.08. The molecule has 0 fully saturated rings. The number of carbonyl (C=O) groups is 1. The van der Waals surface area contributed by atoms with E-state index in [-0.39, 0.29) is 24.2 Å². The maximum atomic E-state index is 11.8. The van der Waals surface area contributed by atoms with E-state index in [9.17, 15) is 4.79 Å². The maximum absolute atomic E-state index is 11.8. The Morgan fingerprint density at radius 2 is 2.05 bits per heavy atom. The molecule has 0 aliphatic rings. The number of benzene rings is 1. The van der Waals surface area contributed by atoms with Crippen molar-refractivity contribution >= 4 is 18.3 Å². The summed E-state index contributed by atoms with van der Waals surface area (Å²) < 4.78 is 10.7. The molecule has 3 N–H and O–H groups in total. The van der Waals surface area contributed by atoms with Crippen LogP contribution in [0, 0.1) is 5.92 Å². The topological polar surface area (TPSA) is 73.6 Å². The number of carbonyl (C=O) groups excluding carboxylic acids is 1. The molecule has 0 aromatic heterocycles. The molecule has 22 heavy (non-hydrogen) atoms. The molecular formula is C16H27ClN2O3. The molecule has 6 heteroatoms. The molecule has 1 aromatic carbocycles. The van der Waals surface area contributed by atoms with Crippen LogP contribution in [-0.2, 0) is 4.79 Å². The molecule has 0 aliphatic heterocycles. The van der Waals surface area contributed by atoms with Crippen molar-refractivity contribution in [2.75, 3.05) is 20.3 Å². The quantitative estimate of drug-likeness (QED) is 0.682. The van der Waals surface area contributed by atoms with Gasteiger partial charge in [0.1, 0.15) is 11.5 Å². The Bertz CT molecular complexity index is 443. The summed E-state index contributed by atoms with van der Waals surface area (Å²) in [5, 5.41) is 2.84. The normalized spacial score (nSPS) is 12.7. The minimum Gasteiger partial charge on any atom is -0.497 e. The summed E-state index contributed by atoms with van der Waals surface area (Å²) in [6.07, 6.45) is 1.63. The Hall–Kier alpha value is -1.46. The van der Waals surface area contributed by atoms with Crippen LogP contribution in [0.25, 0.3) is 0 Å². The van der Waals surface area contributed by atoms with Gasteiger partial charge in [0.2, 0.25) is 5.91 Å². The maximum Gasteiger partial charge on any atom is 0.237 e. The van der Waals surface area contributed by atoms with Gasteiger partial charge in [0, 0.05) is 12.6 Å². The lowest BCUT2D eigenvalue weighted by atomic mass is 9.99. The summed E-state index contributed by atoms with van der Waals surface area (Å²) in [5.41, 5.74) is 5.85. The average molecular weight is 331 g/mol. The van der Waals surface area contributed by atoms with Crippen molar-refractivity contribution in [2.24, 2.45) is 11.7 Å². The summed E-state index contributed by atoms with van der Waals surface area (Å²) in [4.78, 5) is 11.8. The molecule has 1 aromatic rings. The van der Waals surface area contributed by atoms with Crippen LogP contribution in [0.2, 0.25) is 0 Å². The number of hydrogen-bond acceptors (Lipinski definition) is 4. The van der Waals surface area contributed by atoms with Gasteiger partial charge in [0.25, 0.3) is 0 Å². The fourth-order valence-electron chi connectivity index (χ4n) is 1.79. The molecular weight excluding hydrogens is 304 g/mol. The second-order valence-corrected chi connectivity index (χ2v) is 5.08. The van der Waals surface area contributed by atoms with Gasteiger partial charge in [-0.2, -0.15) is 0 Å². The minimum absolute atomic E-state index is 0. The predicted octanol–water partition coefficient (Wildman–Crippen LogP) is 2.38. The van der Waals surface area contributed by atoms with Gasteiger partial charge in [0.05, 0.1) is 19.8 Å². The number of halogens is 1. The molecule has 2 atom stereocenters. The highest BCUT2D eigenvalue weighted by atomic mass is 35.5. The van der Waals surface area contributed by atoms with Crippen LogP contribution in [0.5, 0.6) is 11.5 Å². The summed E-state index contributed by atoms with van der Waals surface area (Å²) in [6.45, 7) is 5.11. The number of amides is 1. The molecule has 1 amide bonds. The van der Waals surface area contributed by atoms with E-state index in [4.69, 9.17) is 15.2 Å². The SMILES string of the molecule is CCC(C)C(N)C(=O)NCCCOc1cccc(OC)c1.Cl. The van der Waals surface area contributed by atoms with Crippen molar-refractivity contribution in [2.45, 2.75) is 32.7 Å². The van der Waals surface area contributed by atoms with E-state index >= 15 is 0 Å². The largest absolute Gasteiger partial charge is 0.497 e. The molecule has 1 rings (SSSR count). The highest BCUT2D eigenvalue weighted by Gasteiger charge is 2.18. The van der Waals surface area contributed by atoms with Crippen LogP contribution in [0.15, 0.2) is 24.3 Å². The molecule has 0 saturated heterocycles. The van der Waals surface area contributed by atoms with Gasteiger partial charge in [-0.15, -0.1) is 12.4 Å². The Morgan fingerprint density at radius 3 is 2.68 bits per heavy atom. The number of nitrogens with one attached hydrogen (secondary N) is 1. The molecule has 0 bridgehead atoms. The molecule has 0 aliphatic carbocycles. The zero-order valence-corrected chi connectivity index (χ0v) is 14.3. The van der Waals surface area contributed by atoms with Crippen molar-refractivity contribution in [3.05, 3.63) is 24.3 Å². The molecule has 0 heterocycles. The van der Waals surface area contributed by atoms with E-state index in [1.54, 1.807) is 7.11 Å². The van der Waals surface area contributed by atoms with Gasteiger partial charge < -0.3 is 20.5 Å². The van der Waals surface area contributed by atoms with Crippen LogP contribution >= 0.6 is 12.4 Å². The van der Waals surface area contributed by atoms with E-state index in [0.717, 1.165) is 24.3 Å². The van der Waals surface area contributed by atoms with E-state index < -0.39 is 6.04 Å². The van der Waals surface area contributed by atoms with Crippen LogP contribution in [-0.4, -0.2) is 32.2 Å². The lowest BCUT2D eigenvalue weighted by Gasteiger charge is -2.17. The Balaban J connectivity index is 0.00000441. The van der Waals surface area contributed by atoms with Crippen molar-refractivity contribution < 1.29 is 14.3 Å². The van der Waals surface area contributed by atoms with E-state index in [2.05, 4.69) is 5.32 Å². The smallest absolute Gasteiger partial charge is 0.237 e. The van der Waals surface area contributed by atoms with E-state index in [1.807, 2.05) is 38.1 Å². The highest BCUT2D eigenvalue weighted by Crippen LogP contribution is 2.18. The van der Waals surface area contributed by atoms with Gasteiger partial charge in [-0.05, 0) is 24.5 Å². The van der Waals surface area contributed by atoms with Crippen molar-refractivity contribution in [3.63, 3.8) is 0 Å². The van der Waals surface area contributed by atoms with Crippen LogP contribution in [0.3, 0.4) is 0 Å². The number of nitrogens with two attached hydrogens (primary N) is 1. The third kappa shape index (κ3) is 7.00. The van der Waals surface area contributed by atoms with Gasteiger partial charge in [-0.25, -0.2) is 0 Å². The Kier molecular flexibility index (Phi) is 10.4. The monoisotopic (exact) mass is 330 g/mol. The summed E-state index contributed by atoms with van der Waals surface area (Å²) in [6, 6.07) is 7.01. The number of methoxy groups -OCH3 is 1. The standard InChI is InChI=1S/C16H26N2O3.ClH/c1-4-12(2)15(17)16(19)18-9-6-10-21-14-8-5-7-13(11-14)20-3;/h5,7-8,11-12,15H,4,6,9-10,17H2,1-3H3,(H,18,19);1H. The Labute approximate surface area is 139 Å². The van der Waals surface area contributed by atoms with Gasteiger partial charge >= 0.3 is 0 Å². The number of rotatable bonds is 9. The molecule has 0 spiro atoms. The zero-order chi connectivity index (χ0) is 15.7. The lowest BCUT2D eigenvalue weighted by Crippen LogP contribution is -2.45. The number of ether oxygens (including phenoxy) is 2. The third-order valence-electron chi connectivity index (χ3n) is 3.49. The molecule has 126 valence electrons. The van der Waals surface area contributed by atoms with Gasteiger partial charge in [-0.1, -0.05) is 26.3 Å². The van der Waals surface area contributed by atoms with Crippen LogP contribution < -0.4 is 20.5 Å². The Morgan fingerprint density at radius 1 is 1.36 bits per heavy atom. The number of hydrogen-bond donors (Lipinski definition) is 2. The van der Waals surface area contributed by atoms with Crippen LogP contribution in [0.4, 0.5) is 0 Å². The van der Waals surface area contributed by atoms with Crippen molar-refractivity contribution in [3.8, 4) is 11.5 Å². The zero-order valence-electron chi connectivity index (χ0n) is 13.5. The third-order valence-corrected chi connectivity index (χ3v) is 3.49. The predicted molar refractivity (Wildman–Crippen MR) is 90.8 cm³/mol. The van der Waals surface area contributed by atoms with E-state index in [0.29, 0.717) is 13.2 Å². The fourth-order valence-corrected chi connectivity index (χ4v) is 1.79. The first-order valence-electron chi connectivity index (χ1n) is 7.38. The van der Waals surface area contributed by atoms with Crippen molar-refractivity contribution in [1.82, 2.24) is 5.32 Å². The highest BCUT2D eigenvalue weighted by molar-refractivity contribution is 5.85. The first kappa shape index (κ1) is 20.5. The fraction of sp³-hybridized carbons (Fsp3) is 0.562. The summed E-state index contributed by atoms with van der Waals surface area (Å²) in [7, 11) is 1.62. The van der Waals surface area contributed by atoms with Crippen molar-refractivity contribution in [1.29, 1.82) is 0 Å². The second kappa shape index (κ2) is 11.2. The molecule has 2 unspecified atom stereocenters. The molecule has 5 nitrogen and oxygen atoms in total. The summed E-state index contributed by atoms with van der Waals surface area (Å²) in [5.74, 6) is 1.63. The molecule has 0 saturated carbocycles. The lowest BCUT2D eigenvalue weighted by molar-refractivity contribution is -0.123. The van der Waals surface area contributed by atoms with E-state index in [1.165, 1.54) is 0 Å². The first-order chi connectivity index (χ1) is 10.1. The van der Waals surface area contributed by atoms with Crippen LogP contribution in [0.1, 0.15) is 26.7 Å². The molecule has 0 radical (unpaired) electrons. The first-order valence-corrected chi connectivity index (χ1v) is 7.38. The van der Waals surface area contributed by atoms with Gasteiger partial charge in [0.15, 0.2) is 0 Å². The average Bonchev–Trinajstić information content (AvgIpc) is 2.52. The summed E-state index contributed by atoms with van der Waals surface area (Å²) >= 11 is 0. The van der Waals surface area contributed by atoms with Gasteiger partial charge in [-0.3, -0.25) is 4.79 Å².